The molecule has 1 atom stereocenters. The lowest BCUT2D eigenvalue weighted by Crippen LogP contribution is -2.35. The van der Waals surface area contributed by atoms with Gasteiger partial charge in [-0.3, -0.25) is 19.7 Å². The molecule has 0 aromatic heterocycles. The van der Waals surface area contributed by atoms with Crippen LogP contribution in [0, 0.1) is 10.1 Å². The molecule has 0 bridgehead atoms. The van der Waals surface area contributed by atoms with Crippen molar-refractivity contribution < 1.29 is 37.1 Å². The molecule has 0 spiro atoms. The Morgan fingerprint density at radius 3 is 2.64 bits per heavy atom. The minimum absolute atomic E-state index is 0.0751. The van der Waals surface area contributed by atoms with E-state index in [1.807, 2.05) is 4.72 Å². The van der Waals surface area contributed by atoms with Gasteiger partial charge in [-0.25, -0.2) is 8.42 Å². The standard InChI is InChI=1S/C19H19N3O9S2/c1-11(19(24)21-12-3-5-15-16(7-12)30-10-29-15)31-18(23)9-20-33(27,28)13-4-6-17(32-2)14(8-13)22(25)26/h3-8,11,20H,9-10H2,1-2H3,(H,21,24). The van der Waals surface area contributed by atoms with E-state index in [0.29, 0.717) is 22.1 Å². The van der Waals surface area contributed by atoms with Crippen molar-refractivity contribution in [1.82, 2.24) is 4.72 Å². The second kappa shape index (κ2) is 10.1. The molecule has 2 aromatic rings. The van der Waals surface area contributed by atoms with E-state index in [4.69, 9.17) is 14.2 Å². The molecule has 0 saturated carbocycles. The maximum Gasteiger partial charge on any atom is 0.321 e. The predicted molar refractivity (Wildman–Crippen MR) is 117 cm³/mol. The minimum atomic E-state index is -4.24. The third-order valence-electron chi connectivity index (χ3n) is 4.38. The topological polar surface area (TPSA) is 163 Å². The van der Waals surface area contributed by atoms with E-state index in [0.717, 1.165) is 17.8 Å². The second-order valence-corrected chi connectivity index (χ2v) is 9.22. The number of nitrogens with zero attached hydrogens (tertiary/aromatic N) is 1. The van der Waals surface area contributed by atoms with Gasteiger partial charge in [0.1, 0.15) is 6.54 Å². The number of amides is 1. The molecule has 1 unspecified atom stereocenters. The average Bonchev–Trinajstić information content (AvgIpc) is 3.25. The highest BCUT2D eigenvalue weighted by Crippen LogP contribution is 2.34. The van der Waals surface area contributed by atoms with Crippen molar-refractivity contribution >= 4 is 45.0 Å². The number of hydrogen-bond donors (Lipinski definition) is 2. The van der Waals surface area contributed by atoms with E-state index in [1.165, 1.54) is 19.1 Å². The van der Waals surface area contributed by atoms with Crippen LogP contribution in [-0.2, 0) is 24.3 Å². The number of nitro benzene ring substituents is 1. The van der Waals surface area contributed by atoms with E-state index in [-0.39, 0.29) is 17.4 Å². The molecule has 2 N–H and O–H groups in total. The Balaban J connectivity index is 1.56. The summed E-state index contributed by atoms with van der Waals surface area (Å²) < 4.78 is 42.2. The molecule has 0 radical (unpaired) electrons. The highest BCUT2D eigenvalue weighted by Gasteiger charge is 2.24. The zero-order valence-corrected chi connectivity index (χ0v) is 19.0. The maximum atomic E-state index is 12.4. The normalized spacial score (nSPS) is 13.3. The van der Waals surface area contributed by atoms with Gasteiger partial charge in [-0.1, -0.05) is 0 Å². The lowest BCUT2D eigenvalue weighted by Gasteiger charge is -2.14. The Labute approximate surface area is 192 Å². The van der Waals surface area contributed by atoms with Crippen LogP contribution < -0.4 is 19.5 Å². The van der Waals surface area contributed by atoms with Gasteiger partial charge >= 0.3 is 5.97 Å². The van der Waals surface area contributed by atoms with Crippen molar-refractivity contribution in [2.24, 2.45) is 0 Å². The molecular weight excluding hydrogens is 478 g/mol. The number of thioether (sulfide) groups is 1. The number of esters is 1. The van der Waals surface area contributed by atoms with Crippen molar-refractivity contribution in [1.29, 1.82) is 0 Å². The van der Waals surface area contributed by atoms with Crippen LogP contribution in [0.2, 0.25) is 0 Å². The van der Waals surface area contributed by atoms with Gasteiger partial charge in [0.15, 0.2) is 17.6 Å². The summed E-state index contributed by atoms with van der Waals surface area (Å²) in [6.07, 6.45) is 0.392. The summed E-state index contributed by atoms with van der Waals surface area (Å²) >= 11 is 1.10. The summed E-state index contributed by atoms with van der Waals surface area (Å²) in [4.78, 5) is 34.7. The van der Waals surface area contributed by atoms with Crippen molar-refractivity contribution in [2.75, 3.05) is 24.9 Å². The fourth-order valence-electron chi connectivity index (χ4n) is 2.73. The van der Waals surface area contributed by atoms with Gasteiger partial charge in [0.05, 0.1) is 14.7 Å². The number of fused-ring (bicyclic) bond motifs is 1. The SMILES string of the molecule is CSc1ccc(S(=O)(=O)NCC(=O)OC(C)C(=O)Nc2ccc3c(c2)OCO3)cc1[N+](=O)[O-]. The molecule has 12 nitrogen and oxygen atoms in total. The Morgan fingerprint density at radius 2 is 1.94 bits per heavy atom. The number of benzene rings is 2. The molecule has 176 valence electrons. The van der Waals surface area contributed by atoms with Crippen LogP contribution in [0.3, 0.4) is 0 Å². The quantitative estimate of drug-likeness (QED) is 0.226. The van der Waals surface area contributed by atoms with Gasteiger partial charge in [0, 0.05) is 17.8 Å². The number of ether oxygens (including phenoxy) is 3. The van der Waals surface area contributed by atoms with Gasteiger partial charge in [-0.2, -0.15) is 4.72 Å². The first-order valence-corrected chi connectivity index (χ1v) is 12.0. The number of carbonyl (C=O) groups is 2. The van der Waals surface area contributed by atoms with Crippen molar-refractivity contribution in [2.45, 2.75) is 22.8 Å². The second-order valence-electron chi connectivity index (χ2n) is 6.60. The predicted octanol–water partition coefficient (Wildman–Crippen LogP) is 1.89. The maximum absolute atomic E-state index is 12.4. The number of sulfonamides is 1. The minimum Gasteiger partial charge on any atom is -0.454 e. The summed E-state index contributed by atoms with van der Waals surface area (Å²) in [5, 5.41) is 13.7. The summed E-state index contributed by atoms with van der Waals surface area (Å²) in [5.41, 5.74) is 0.0184. The summed E-state index contributed by atoms with van der Waals surface area (Å²) in [6, 6.07) is 8.13. The zero-order valence-electron chi connectivity index (χ0n) is 17.4. The molecular formula is C19H19N3O9S2. The third-order valence-corrected chi connectivity index (χ3v) is 6.57. The van der Waals surface area contributed by atoms with Gasteiger partial charge < -0.3 is 19.5 Å². The Kier molecular flexibility index (Phi) is 7.40. The molecule has 1 aliphatic rings. The van der Waals surface area contributed by atoms with Crippen LogP contribution in [0.5, 0.6) is 11.5 Å². The van der Waals surface area contributed by atoms with Gasteiger partial charge in [0.2, 0.25) is 16.8 Å². The number of anilines is 1. The highest BCUT2D eigenvalue weighted by atomic mass is 32.2. The van der Waals surface area contributed by atoms with E-state index >= 15 is 0 Å². The number of nitrogens with one attached hydrogen (secondary N) is 2. The molecule has 0 aliphatic carbocycles. The molecule has 2 aromatic carbocycles. The number of carbonyl (C=O) groups excluding carboxylic acids is 2. The first kappa shape index (κ1) is 24.3. The fraction of sp³-hybridized carbons (Fsp3) is 0.263. The molecule has 14 heteroatoms. The molecule has 0 fully saturated rings. The number of hydrogen-bond acceptors (Lipinski definition) is 10. The first-order valence-electron chi connectivity index (χ1n) is 9.33. The smallest absolute Gasteiger partial charge is 0.321 e. The summed E-state index contributed by atoms with van der Waals surface area (Å²) in [6.45, 7) is 0.618. The molecule has 1 aliphatic heterocycles. The van der Waals surface area contributed by atoms with Gasteiger partial charge in [-0.15, -0.1) is 11.8 Å². The molecule has 3 rings (SSSR count). The van der Waals surface area contributed by atoms with Crippen LogP contribution in [0.4, 0.5) is 11.4 Å². The van der Waals surface area contributed by atoms with Crippen molar-refractivity contribution in [3.8, 4) is 11.5 Å². The molecule has 1 amide bonds. The first-order chi connectivity index (χ1) is 15.6. The van der Waals surface area contributed by atoms with Crippen molar-refractivity contribution in [3.63, 3.8) is 0 Å². The molecule has 1 heterocycles. The van der Waals surface area contributed by atoms with Crippen LogP contribution in [-0.4, -0.2) is 50.9 Å². The van der Waals surface area contributed by atoms with Crippen LogP contribution in [0.25, 0.3) is 0 Å². The summed E-state index contributed by atoms with van der Waals surface area (Å²) in [7, 11) is -4.24. The molecule has 33 heavy (non-hydrogen) atoms. The van der Waals surface area contributed by atoms with E-state index < -0.39 is 39.5 Å². The van der Waals surface area contributed by atoms with Crippen LogP contribution in [0.15, 0.2) is 46.2 Å². The van der Waals surface area contributed by atoms with Crippen molar-refractivity contribution in [3.05, 3.63) is 46.5 Å². The van der Waals surface area contributed by atoms with E-state index in [9.17, 15) is 28.1 Å². The van der Waals surface area contributed by atoms with E-state index in [2.05, 4.69) is 5.32 Å². The monoisotopic (exact) mass is 497 g/mol. The van der Waals surface area contributed by atoms with E-state index in [1.54, 1.807) is 24.5 Å². The number of nitro groups is 1. The highest BCUT2D eigenvalue weighted by molar-refractivity contribution is 7.98. The average molecular weight is 498 g/mol. The number of rotatable bonds is 9. The van der Waals surface area contributed by atoms with Crippen LogP contribution >= 0.6 is 11.8 Å². The largest absolute Gasteiger partial charge is 0.454 e. The zero-order chi connectivity index (χ0) is 24.2. The van der Waals surface area contributed by atoms with Gasteiger partial charge in [0.25, 0.3) is 11.6 Å². The lowest BCUT2D eigenvalue weighted by atomic mass is 10.2. The molecule has 0 saturated heterocycles. The Morgan fingerprint density at radius 1 is 1.21 bits per heavy atom. The van der Waals surface area contributed by atoms with Gasteiger partial charge in [-0.05, 0) is 37.4 Å². The summed E-state index contributed by atoms with van der Waals surface area (Å²) in [5.74, 6) is -0.665. The lowest BCUT2D eigenvalue weighted by molar-refractivity contribution is -0.388. The Hall–Kier alpha value is -3.36. The van der Waals surface area contributed by atoms with Crippen LogP contribution in [0.1, 0.15) is 6.92 Å². The Bertz CT molecular complexity index is 1200. The fourth-order valence-corrected chi connectivity index (χ4v) is 4.26. The third kappa shape index (κ3) is 5.91.